The van der Waals surface area contributed by atoms with Gasteiger partial charge in [0.25, 0.3) is 0 Å². The molecule has 8 nitrogen and oxygen atoms in total. The number of azo groups is 1. The first-order chi connectivity index (χ1) is 15.6. The average Bonchev–Trinajstić information content (AvgIpc) is 3.06. The Morgan fingerprint density at radius 2 is 1.81 bits per heavy atom. The van der Waals surface area contributed by atoms with Gasteiger partial charge in [0.15, 0.2) is 5.75 Å². The Balaban J connectivity index is 1.39. The molecule has 2 heterocycles. The number of benzene rings is 2. The van der Waals surface area contributed by atoms with Crippen LogP contribution in [0, 0.1) is 6.92 Å². The fourth-order valence-corrected chi connectivity index (χ4v) is 4.23. The molecule has 8 heteroatoms. The van der Waals surface area contributed by atoms with Gasteiger partial charge in [0.2, 0.25) is 0 Å². The van der Waals surface area contributed by atoms with Gasteiger partial charge < -0.3 is 20.1 Å². The second kappa shape index (κ2) is 10.6. The van der Waals surface area contributed by atoms with Crippen LogP contribution in [0.15, 0.2) is 52.7 Å². The van der Waals surface area contributed by atoms with E-state index in [1.54, 1.807) is 17.0 Å². The first-order valence-electron chi connectivity index (χ1n) is 11.3. The molecule has 2 N–H and O–H groups in total. The van der Waals surface area contributed by atoms with Crippen molar-refractivity contribution in [1.82, 2.24) is 9.80 Å². The number of morpholine rings is 1. The molecule has 0 saturated carbocycles. The number of aryl methyl sites for hydroxylation is 1. The number of carbonyl (C=O) groups excluding carboxylic acids is 1. The number of amides is 1. The maximum atomic E-state index is 12.9. The van der Waals surface area contributed by atoms with Crippen molar-refractivity contribution in [3.05, 3.63) is 48.0 Å². The molecule has 0 radical (unpaired) electrons. The molecule has 0 aromatic heterocycles. The first-order valence-corrected chi connectivity index (χ1v) is 11.3. The van der Waals surface area contributed by atoms with Crippen molar-refractivity contribution in [3.63, 3.8) is 0 Å². The zero-order valence-electron chi connectivity index (χ0n) is 18.6. The predicted molar refractivity (Wildman–Crippen MR) is 124 cm³/mol. The van der Waals surface area contributed by atoms with Crippen molar-refractivity contribution in [2.75, 3.05) is 45.1 Å². The minimum atomic E-state index is -0.342. The van der Waals surface area contributed by atoms with Crippen LogP contribution in [0.3, 0.4) is 0 Å². The van der Waals surface area contributed by atoms with Crippen LogP contribution in [-0.2, 0) is 4.74 Å². The van der Waals surface area contributed by atoms with Crippen molar-refractivity contribution >= 4 is 23.2 Å². The molecule has 4 rings (SSSR count). The Bertz CT molecular complexity index is 958. The normalized spacial score (nSPS) is 20.3. The Morgan fingerprint density at radius 3 is 2.62 bits per heavy atom. The second-order valence-corrected chi connectivity index (χ2v) is 8.32. The standard InChI is InChI=1S/C24H31N5O3/c1-18-8-9-21(20(25)17-18)26-27-22-6-2-3-7-23(22)32-24(30)29-11-4-5-19(10-12-29)28-13-15-31-16-14-28/h2-3,6-9,17,19H,4-5,10-16,25H2,1H3/b27-26+. The van der Waals surface area contributed by atoms with Crippen molar-refractivity contribution in [2.24, 2.45) is 10.2 Å². The first kappa shape index (κ1) is 22.2. The number of nitrogens with zero attached hydrogens (tertiary/aromatic N) is 4. The maximum Gasteiger partial charge on any atom is 0.415 e. The van der Waals surface area contributed by atoms with E-state index in [9.17, 15) is 4.79 Å². The third-order valence-electron chi connectivity index (χ3n) is 6.03. The minimum absolute atomic E-state index is 0.342. The lowest BCUT2D eigenvalue weighted by atomic mass is 10.1. The van der Waals surface area contributed by atoms with Gasteiger partial charge in [-0.2, -0.15) is 0 Å². The molecule has 2 fully saturated rings. The molecule has 2 saturated heterocycles. The molecule has 1 amide bonds. The summed E-state index contributed by atoms with van der Waals surface area (Å²) < 4.78 is 11.2. The van der Waals surface area contributed by atoms with Crippen molar-refractivity contribution in [3.8, 4) is 5.75 Å². The molecule has 1 unspecified atom stereocenters. The van der Waals surface area contributed by atoms with Gasteiger partial charge in [0, 0.05) is 32.2 Å². The third kappa shape index (κ3) is 5.63. The van der Waals surface area contributed by atoms with Crippen molar-refractivity contribution < 1.29 is 14.3 Å². The van der Waals surface area contributed by atoms with Crippen LogP contribution in [0.25, 0.3) is 0 Å². The quantitative estimate of drug-likeness (QED) is 0.554. The Hall–Kier alpha value is -2.97. The molecule has 2 aromatic rings. The molecule has 2 aliphatic heterocycles. The number of nitrogens with two attached hydrogens (primary N) is 1. The molecular formula is C24H31N5O3. The summed E-state index contributed by atoms with van der Waals surface area (Å²) in [6.07, 6.45) is 2.66. The number of ether oxygens (including phenoxy) is 2. The summed E-state index contributed by atoms with van der Waals surface area (Å²) in [6.45, 7) is 6.88. The van der Waals surface area contributed by atoms with Crippen LogP contribution >= 0.6 is 0 Å². The van der Waals surface area contributed by atoms with E-state index < -0.39 is 0 Å². The van der Waals surface area contributed by atoms with Gasteiger partial charge in [-0.3, -0.25) is 4.90 Å². The van der Waals surface area contributed by atoms with Gasteiger partial charge in [0.05, 0.1) is 18.9 Å². The molecular weight excluding hydrogens is 406 g/mol. The number of nitrogen functional groups attached to an aromatic ring is 1. The Kier molecular flexibility index (Phi) is 7.34. The molecule has 2 aliphatic rings. The molecule has 0 aliphatic carbocycles. The van der Waals surface area contributed by atoms with Crippen LogP contribution in [0.4, 0.5) is 21.9 Å². The van der Waals surface area contributed by atoms with E-state index in [0.29, 0.717) is 41.9 Å². The van der Waals surface area contributed by atoms with Gasteiger partial charge in [-0.1, -0.05) is 18.2 Å². The number of likely N-dealkylation sites (tertiary alicyclic amines) is 1. The molecule has 2 aromatic carbocycles. The third-order valence-corrected chi connectivity index (χ3v) is 6.03. The smallest absolute Gasteiger partial charge is 0.408 e. The topological polar surface area (TPSA) is 92.8 Å². The fraction of sp³-hybridized carbons (Fsp3) is 0.458. The summed E-state index contributed by atoms with van der Waals surface area (Å²) >= 11 is 0. The maximum absolute atomic E-state index is 12.9. The van der Waals surface area contributed by atoms with Crippen molar-refractivity contribution in [1.29, 1.82) is 0 Å². The fourth-order valence-electron chi connectivity index (χ4n) is 4.23. The van der Waals surface area contributed by atoms with Crippen LogP contribution in [0.1, 0.15) is 24.8 Å². The van der Waals surface area contributed by atoms with Crippen LogP contribution in [-0.4, -0.2) is 61.3 Å². The number of para-hydroxylation sites is 1. The second-order valence-electron chi connectivity index (χ2n) is 8.32. The highest BCUT2D eigenvalue weighted by molar-refractivity contribution is 5.73. The summed E-state index contributed by atoms with van der Waals surface area (Å²) in [4.78, 5) is 17.2. The number of anilines is 1. The van der Waals surface area contributed by atoms with Crippen LogP contribution in [0.5, 0.6) is 5.75 Å². The minimum Gasteiger partial charge on any atom is -0.408 e. The number of hydrogen-bond acceptors (Lipinski definition) is 7. The van der Waals surface area contributed by atoms with Crippen LogP contribution in [0.2, 0.25) is 0 Å². The van der Waals surface area contributed by atoms with Gasteiger partial charge in [-0.15, -0.1) is 10.2 Å². The lowest BCUT2D eigenvalue weighted by Gasteiger charge is -2.33. The molecule has 32 heavy (non-hydrogen) atoms. The van der Waals surface area contributed by atoms with E-state index in [2.05, 4.69) is 15.1 Å². The Morgan fingerprint density at radius 1 is 1.03 bits per heavy atom. The summed E-state index contributed by atoms with van der Waals surface area (Å²) in [7, 11) is 0. The summed E-state index contributed by atoms with van der Waals surface area (Å²) in [6, 6.07) is 13.3. The predicted octanol–water partition coefficient (Wildman–Crippen LogP) is 4.68. The van der Waals surface area contributed by atoms with Gasteiger partial charge in [-0.05, 0) is 56.0 Å². The largest absolute Gasteiger partial charge is 0.415 e. The van der Waals surface area contributed by atoms with Gasteiger partial charge >= 0.3 is 6.09 Å². The van der Waals surface area contributed by atoms with E-state index in [-0.39, 0.29) is 6.09 Å². The Labute approximate surface area is 189 Å². The molecule has 170 valence electrons. The lowest BCUT2D eigenvalue weighted by Crippen LogP contribution is -2.44. The van der Waals surface area contributed by atoms with E-state index in [1.165, 1.54) is 0 Å². The number of hydrogen-bond donors (Lipinski definition) is 1. The van der Waals surface area contributed by atoms with E-state index >= 15 is 0 Å². The monoisotopic (exact) mass is 437 g/mol. The van der Waals surface area contributed by atoms with E-state index in [0.717, 1.165) is 51.1 Å². The molecule has 0 spiro atoms. The van der Waals surface area contributed by atoms with E-state index in [4.69, 9.17) is 15.2 Å². The SMILES string of the molecule is Cc1ccc(/N=N/c2ccccc2OC(=O)N2CCCC(N3CCOCC3)CC2)c(N)c1. The highest BCUT2D eigenvalue weighted by Crippen LogP contribution is 2.31. The average molecular weight is 438 g/mol. The lowest BCUT2D eigenvalue weighted by molar-refractivity contribution is 0.0136. The number of carbonyl (C=O) groups is 1. The number of rotatable bonds is 4. The zero-order chi connectivity index (χ0) is 22.3. The molecule has 0 bridgehead atoms. The van der Waals surface area contributed by atoms with E-state index in [1.807, 2.05) is 37.3 Å². The highest BCUT2D eigenvalue weighted by atomic mass is 16.6. The molecule has 1 atom stereocenters. The summed E-state index contributed by atoms with van der Waals surface area (Å²) in [5, 5.41) is 8.54. The van der Waals surface area contributed by atoms with Gasteiger partial charge in [0.1, 0.15) is 11.4 Å². The summed E-state index contributed by atoms with van der Waals surface area (Å²) in [5.74, 6) is 0.390. The van der Waals surface area contributed by atoms with Gasteiger partial charge in [-0.25, -0.2) is 4.79 Å². The van der Waals surface area contributed by atoms with Crippen LogP contribution < -0.4 is 10.5 Å². The summed E-state index contributed by atoms with van der Waals surface area (Å²) in [5.41, 5.74) is 8.71. The highest BCUT2D eigenvalue weighted by Gasteiger charge is 2.27. The van der Waals surface area contributed by atoms with Crippen molar-refractivity contribution in [2.45, 2.75) is 32.2 Å². The zero-order valence-corrected chi connectivity index (χ0v) is 18.6.